The van der Waals surface area contributed by atoms with Crippen molar-refractivity contribution in [1.29, 1.82) is 0 Å². The van der Waals surface area contributed by atoms with E-state index in [9.17, 15) is 9.90 Å². The molecule has 0 atom stereocenters. The molecule has 2 rings (SSSR count). The van der Waals surface area contributed by atoms with Crippen molar-refractivity contribution in [3.05, 3.63) is 39.7 Å². The van der Waals surface area contributed by atoms with Crippen LogP contribution in [0.1, 0.15) is 11.1 Å². The largest absolute Gasteiger partial charge is 0.508 e. The lowest BCUT2D eigenvalue weighted by atomic mass is 10.0. The number of hydrogen-bond acceptors (Lipinski definition) is 4. The van der Waals surface area contributed by atoms with E-state index in [1.807, 2.05) is 25.9 Å². The Balaban J connectivity index is 2.56. The van der Waals surface area contributed by atoms with Crippen LogP contribution in [0.5, 0.6) is 5.75 Å². The predicted molar refractivity (Wildman–Crippen MR) is 71.1 cm³/mol. The van der Waals surface area contributed by atoms with E-state index in [4.69, 9.17) is 4.42 Å². The Hall–Kier alpha value is -1.81. The van der Waals surface area contributed by atoms with Crippen molar-refractivity contribution in [3.63, 3.8) is 0 Å². The van der Waals surface area contributed by atoms with Gasteiger partial charge in [-0.2, -0.15) is 0 Å². The molecular formula is C14H17NO3. The van der Waals surface area contributed by atoms with E-state index < -0.39 is 0 Å². The summed E-state index contributed by atoms with van der Waals surface area (Å²) in [6.45, 7) is 2.68. The highest BCUT2D eigenvalue weighted by molar-refractivity contribution is 5.82. The summed E-state index contributed by atoms with van der Waals surface area (Å²) in [6, 6.07) is 4.77. The molecule has 0 unspecified atom stereocenters. The van der Waals surface area contributed by atoms with E-state index in [-0.39, 0.29) is 11.4 Å². The molecule has 0 saturated heterocycles. The van der Waals surface area contributed by atoms with Gasteiger partial charge in [-0.1, -0.05) is 0 Å². The average molecular weight is 247 g/mol. The van der Waals surface area contributed by atoms with Gasteiger partial charge in [0.2, 0.25) is 0 Å². The molecule has 1 aromatic heterocycles. The van der Waals surface area contributed by atoms with Gasteiger partial charge in [0, 0.05) is 17.5 Å². The molecule has 1 aromatic carbocycles. The van der Waals surface area contributed by atoms with Crippen LogP contribution in [-0.4, -0.2) is 30.6 Å². The number of phenols is 1. The van der Waals surface area contributed by atoms with Crippen LogP contribution in [0.3, 0.4) is 0 Å². The van der Waals surface area contributed by atoms with Crippen LogP contribution in [0, 0.1) is 6.92 Å². The lowest BCUT2D eigenvalue weighted by Crippen LogP contribution is -2.20. The lowest BCUT2D eigenvalue weighted by molar-refractivity contribution is 0.409. The molecule has 0 aliphatic rings. The fourth-order valence-corrected chi connectivity index (χ4v) is 2.00. The van der Waals surface area contributed by atoms with Crippen molar-refractivity contribution < 1.29 is 9.52 Å². The molecule has 0 aliphatic heterocycles. The van der Waals surface area contributed by atoms with Crippen molar-refractivity contribution in [2.45, 2.75) is 13.3 Å². The van der Waals surface area contributed by atoms with Crippen molar-refractivity contribution >= 4 is 11.0 Å². The van der Waals surface area contributed by atoms with Gasteiger partial charge in [-0.05, 0) is 51.2 Å². The third-order valence-corrected chi connectivity index (χ3v) is 3.08. The zero-order chi connectivity index (χ0) is 13.3. The Morgan fingerprint density at radius 3 is 2.72 bits per heavy atom. The maximum atomic E-state index is 11.9. The van der Waals surface area contributed by atoms with Crippen molar-refractivity contribution in [1.82, 2.24) is 4.90 Å². The first kappa shape index (κ1) is 12.6. The van der Waals surface area contributed by atoms with Gasteiger partial charge in [-0.15, -0.1) is 0 Å². The van der Waals surface area contributed by atoms with Gasteiger partial charge < -0.3 is 14.4 Å². The van der Waals surface area contributed by atoms with Crippen molar-refractivity contribution in [2.75, 3.05) is 20.6 Å². The van der Waals surface area contributed by atoms with Gasteiger partial charge in [-0.3, -0.25) is 0 Å². The number of benzene rings is 1. The molecule has 18 heavy (non-hydrogen) atoms. The van der Waals surface area contributed by atoms with Gasteiger partial charge in [0.1, 0.15) is 11.3 Å². The molecule has 4 nitrogen and oxygen atoms in total. The first-order valence-corrected chi connectivity index (χ1v) is 5.89. The van der Waals surface area contributed by atoms with E-state index in [0.29, 0.717) is 17.6 Å². The molecule has 96 valence electrons. The second-order valence-corrected chi connectivity index (χ2v) is 4.73. The standard InChI is InChI=1S/C14H17NO3/c1-9-11(6-7-15(2)3)14(17)18-13-5-4-10(16)8-12(9)13/h4-5,8,16H,6-7H2,1-3H3. The SMILES string of the molecule is Cc1c(CCN(C)C)c(=O)oc2ccc(O)cc12. The minimum Gasteiger partial charge on any atom is -0.508 e. The Bertz CT molecular complexity index is 629. The quantitative estimate of drug-likeness (QED) is 0.842. The first-order valence-electron chi connectivity index (χ1n) is 5.89. The zero-order valence-corrected chi connectivity index (χ0v) is 10.9. The molecule has 1 N–H and O–H groups in total. The molecular weight excluding hydrogens is 230 g/mol. The fourth-order valence-electron chi connectivity index (χ4n) is 2.00. The number of hydrogen-bond donors (Lipinski definition) is 1. The summed E-state index contributed by atoms with van der Waals surface area (Å²) in [5.41, 5.74) is 1.80. The molecule has 0 saturated carbocycles. The van der Waals surface area contributed by atoms with E-state index in [2.05, 4.69) is 0 Å². The van der Waals surface area contributed by atoms with Crippen LogP contribution in [0.4, 0.5) is 0 Å². The predicted octanol–water partition coefficient (Wildman–Crippen LogP) is 1.91. The number of likely N-dealkylation sites (N-methyl/N-ethyl adjacent to an activating group) is 1. The summed E-state index contributed by atoms with van der Waals surface area (Å²) in [5.74, 6) is 0.179. The Labute approximate surface area is 105 Å². The normalized spacial score (nSPS) is 11.3. The molecule has 4 heteroatoms. The minimum atomic E-state index is -0.285. The fraction of sp³-hybridized carbons (Fsp3) is 0.357. The van der Waals surface area contributed by atoms with Crippen LogP contribution in [0.2, 0.25) is 0 Å². The summed E-state index contributed by atoms with van der Waals surface area (Å²) in [4.78, 5) is 13.9. The summed E-state index contributed by atoms with van der Waals surface area (Å²) in [6.07, 6.45) is 0.646. The van der Waals surface area contributed by atoms with Crippen molar-refractivity contribution in [3.8, 4) is 5.75 Å². The van der Waals surface area contributed by atoms with Gasteiger partial charge >= 0.3 is 5.63 Å². The third kappa shape index (κ3) is 2.38. The Kier molecular flexibility index (Phi) is 3.39. The van der Waals surface area contributed by atoms with E-state index >= 15 is 0 Å². The van der Waals surface area contributed by atoms with Crippen LogP contribution in [-0.2, 0) is 6.42 Å². The molecule has 1 heterocycles. The van der Waals surface area contributed by atoms with Gasteiger partial charge in [0.15, 0.2) is 0 Å². The van der Waals surface area contributed by atoms with Crippen LogP contribution in [0.25, 0.3) is 11.0 Å². The lowest BCUT2D eigenvalue weighted by Gasteiger charge is -2.11. The summed E-state index contributed by atoms with van der Waals surface area (Å²) in [5, 5.41) is 10.3. The molecule has 0 aliphatic carbocycles. The highest BCUT2D eigenvalue weighted by Gasteiger charge is 2.11. The van der Waals surface area contributed by atoms with Gasteiger partial charge in [0.05, 0.1) is 0 Å². The number of rotatable bonds is 3. The molecule has 0 bridgehead atoms. The second-order valence-electron chi connectivity index (χ2n) is 4.73. The number of aryl methyl sites for hydroxylation is 1. The summed E-state index contributed by atoms with van der Waals surface area (Å²) < 4.78 is 5.28. The van der Waals surface area contributed by atoms with Crippen LogP contribution >= 0.6 is 0 Å². The van der Waals surface area contributed by atoms with Crippen LogP contribution < -0.4 is 5.63 Å². The Morgan fingerprint density at radius 1 is 1.33 bits per heavy atom. The highest BCUT2D eigenvalue weighted by atomic mass is 16.4. The zero-order valence-electron chi connectivity index (χ0n) is 10.9. The minimum absolute atomic E-state index is 0.179. The van der Waals surface area contributed by atoms with E-state index in [1.165, 1.54) is 6.07 Å². The third-order valence-electron chi connectivity index (χ3n) is 3.08. The molecule has 2 aromatic rings. The van der Waals surface area contributed by atoms with Gasteiger partial charge in [-0.25, -0.2) is 4.79 Å². The topological polar surface area (TPSA) is 53.7 Å². The summed E-state index contributed by atoms with van der Waals surface area (Å²) in [7, 11) is 3.92. The number of phenolic OH excluding ortho intramolecular Hbond substituents is 1. The smallest absolute Gasteiger partial charge is 0.339 e. The van der Waals surface area contributed by atoms with Gasteiger partial charge in [0.25, 0.3) is 0 Å². The van der Waals surface area contributed by atoms with Crippen LogP contribution in [0.15, 0.2) is 27.4 Å². The molecule has 0 fully saturated rings. The number of nitrogens with zero attached hydrogens (tertiary/aromatic N) is 1. The first-order chi connectivity index (χ1) is 8.49. The molecule has 0 spiro atoms. The monoisotopic (exact) mass is 247 g/mol. The Morgan fingerprint density at radius 2 is 2.06 bits per heavy atom. The van der Waals surface area contributed by atoms with E-state index in [0.717, 1.165) is 17.5 Å². The number of fused-ring (bicyclic) bond motifs is 1. The average Bonchev–Trinajstić information content (AvgIpc) is 2.30. The number of aromatic hydroxyl groups is 1. The van der Waals surface area contributed by atoms with Crippen molar-refractivity contribution in [2.24, 2.45) is 0 Å². The molecule has 0 radical (unpaired) electrons. The second kappa shape index (κ2) is 4.82. The van der Waals surface area contributed by atoms with E-state index in [1.54, 1.807) is 12.1 Å². The maximum Gasteiger partial charge on any atom is 0.339 e. The summed E-state index contributed by atoms with van der Waals surface area (Å²) >= 11 is 0. The maximum absolute atomic E-state index is 11.9. The highest BCUT2D eigenvalue weighted by Crippen LogP contribution is 2.23. The molecule has 0 amide bonds.